The number of nitrogens with one attached hydrogen (secondary N) is 1. The minimum Gasteiger partial charge on any atom is -0.426 e. The number of hydrogen-bond acceptors (Lipinski definition) is 7. The van der Waals surface area contributed by atoms with Crippen molar-refractivity contribution in [2.75, 3.05) is 40.0 Å². The molecule has 0 bridgehead atoms. The molecule has 52 heavy (non-hydrogen) atoms. The summed E-state index contributed by atoms with van der Waals surface area (Å²) in [6.45, 7) is 4.81. The maximum absolute atomic E-state index is 14.6. The molecular formula is C40H39Cl2N3O7. The summed E-state index contributed by atoms with van der Waals surface area (Å²) in [6.07, 6.45) is 2.62. The Bertz CT molecular complexity index is 2160. The Morgan fingerprint density at radius 3 is 1.87 bits per heavy atom. The lowest BCUT2D eigenvalue weighted by Crippen LogP contribution is -2.48. The number of amides is 3. The van der Waals surface area contributed by atoms with Gasteiger partial charge in [-0.25, -0.2) is 0 Å². The predicted molar refractivity (Wildman–Crippen MR) is 202 cm³/mol. The van der Waals surface area contributed by atoms with E-state index >= 15 is 0 Å². The number of carbonyl (C=O) groups is 5. The third-order valence-electron chi connectivity index (χ3n) is 10.7. The number of rotatable bonds is 9. The number of hydrogen-bond donors (Lipinski definition) is 1. The number of nitrogens with zero attached hydrogens (tertiary/aromatic N) is 2. The minimum absolute atomic E-state index is 0.0569. The number of ether oxygens (including phenoxy) is 2. The second-order valence-corrected chi connectivity index (χ2v) is 14.7. The van der Waals surface area contributed by atoms with E-state index in [1.165, 1.54) is 20.8 Å². The highest BCUT2D eigenvalue weighted by atomic mass is 35.5. The number of anilines is 3. The summed E-state index contributed by atoms with van der Waals surface area (Å²) >= 11 is 13.0. The third kappa shape index (κ3) is 6.26. The lowest BCUT2D eigenvalue weighted by molar-refractivity contribution is -0.134. The van der Waals surface area contributed by atoms with Crippen LogP contribution in [0, 0.1) is 5.41 Å². The van der Waals surface area contributed by atoms with E-state index in [1.807, 2.05) is 30.3 Å². The Morgan fingerprint density at radius 1 is 0.750 bits per heavy atom. The molecule has 12 heteroatoms. The summed E-state index contributed by atoms with van der Waals surface area (Å²) in [5, 5.41) is 5.87. The quantitative estimate of drug-likeness (QED) is 0.106. The molecule has 2 atom stereocenters. The zero-order valence-corrected chi connectivity index (χ0v) is 30.7. The first-order valence-corrected chi connectivity index (χ1v) is 18.6. The van der Waals surface area contributed by atoms with Crippen LogP contribution < -0.4 is 24.6 Å². The van der Waals surface area contributed by atoms with Gasteiger partial charge in [-0.2, -0.15) is 0 Å². The van der Waals surface area contributed by atoms with Gasteiger partial charge >= 0.3 is 11.9 Å². The molecule has 1 N–H and O–H groups in total. The van der Waals surface area contributed by atoms with Crippen molar-refractivity contribution in [1.82, 2.24) is 0 Å². The van der Waals surface area contributed by atoms with E-state index in [0.29, 0.717) is 72.2 Å². The van der Waals surface area contributed by atoms with Crippen molar-refractivity contribution in [2.45, 2.75) is 64.7 Å². The largest absolute Gasteiger partial charge is 0.426 e. The molecule has 1 aliphatic carbocycles. The van der Waals surface area contributed by atoms with Crippen LogP contribution in [0.25, 0.3) is 21.5 Å². The molecule has 3 aliphatic rings. The molecule has 1 fully saturated rings. The fraction of sp³-hybridized carbons (Fsp3) is 0.375. The fourth-order valence-corrected chi connectivity index (χ4v) is 8.76. The molecule has 10 nitrogen and oxygen atoms in total. The highest BCUT2D eigenvalue weighted by Crippen LogP contribution is 2.52. The monoisotopic (exact) mass is 743 g/mol. The molecule has 0 unspecified atom stereocenters. The molecule has 0 aromatic heterocycles. The van der Waals surface area contributed by atoms with Crippen LogP contribution in [0.2, 0.25) is 0 Å². The van der Waals surface area contributed by atoms with Gasteiger partial charge < -0.3 is 24.6 Å². The van der Waals surface area contributed by atoms with Crippen LogP contribution in [0.1, 0.15) is 75.8 Å². The molecule has 0 spiro atoms. The van der Waals surface area contributed by atoms with Gasteiger partial charge in [0, 0.05) is 92.5 Å². The zero-order valence-electron chi connectivity index (χ0n) is 29.2. The summed E-state index contributed by atoms with van der Waals surface area (Å²) in [7, 11) is 0. The van der Waals surface area contributed by atoms with Crippen molar-refractivity contribution >= 4 is 91.5 Å². The Hall–Kier alpha value is -4.67. The van der Waals surface area contributed by atoms with Crippen molar-refractivity contribution in [3.05, 3.63) is 65.7 Å². The van der Waals surface area contributed by atoms with Crippen molar-refractivity contribution in [1.29, 1.82) is 0 Å². The number of carbonyl (C=O) groups excluding carboxylic acids is 5. The van der Waals surface area contributed by atoms with Crippen LogP contribution in [-0.4, -0.2) is 54.5 Å². The van der Waals surface area contributed by atoms with Gasteiger partial charge in [-0.15, -0.1) is 23.2 Å². The Labute approximate surface area is 311 Å². The molecule has 4 aromatic carbocycles. The van der Waals surface area contributed by atoms with Crippen molar-refractivity contribution < 1.29 is 33.4 Å². The molecule has 1 saturated carbocycles. The maximum atomic E-state index is 14.6. The van der Waals surface area contributed by atoms with Crippen molar-refractivity contribution in [2.24, 2.45) is 5.41 Å². The standard InChI is InChI=1S/C40H39Cl2N3O7/c1-22(46)43-27-9-10-29-31(15-27)38-25(18-41)20-44(32(38)16-35(29)52-24(3)48)36(49)11-14-40(12-6-13-40)39(50)45-21-26(19-42)37-30-8-5-4-7-28(30)34(17-33(37)45)51-23(2)47/h4-5,7-10,15-17,25-26H,6,11-14,18-21H2,1-3H3,(H,43,46)/t25-,26+/m0/s1. The second-order valence-electron chi connectivity index (χ2n) is 14.0. The number of fused-ring (bicyclic) bond motifs is 6. The molecule has 0 saturated heterocycles. The molecule has 2 heterocycles. The summed E-state index contributed by atoms with van der Waals surface area (Å²) in [4.78, 5) is 68.4. The first kappa shape index (κ1) is 35.7. The summed E-state index contributed by atoms with van der Waals surface area (Å²) < 4.78 is 11.2. The smallest absolute Gasteiger partial charge is 0.308 e. The van der Waals surface area contributed by atoms with Gasteiger partial charge in [0.2, 0.25) is 17.7 Å². The van der Waals surface area contributed by atoms with Crippen molar-refractivity contribution in [3.8, 4) is 11.5 Å². The first-order chi connectivity index (χ1) is 24.9. The van der Waals surface area contributed by atoms with E-state index in [4.69, 9.17) is 32.7 Å². The number of halogens is 2. The van der Waals surface area contributed by atoms with Crippen LogP contribution in [-0.2, 0) is 24.0 Å². The molecule has 3 amide bonds. The number of alkyl halides is 2. The van der Waals surface area contributed by atoms with E-state index in [-0.39, 0.29) is 41.9 Å². The van der Waals surface area contributed by atoms with E-state index in [2.05, 4.69) is 5.32 Å². The van der Waals surface area contributed by atoms with Gasteiger partial charge in [-0.3, -0.25) is 24.0 Å². The normalized spacial score (nSPS) is 18.5. The molecule has 7 rings (SSSR count). The predicted octanol–water partition coefficient (Wildman–Crippen LogP) is 7.79. The molecule has 0 radical (unpaired) electrons. The Kier molecular flexibility index (Phi) is 9.65. The van der Waals surface area contributed by atoms with Gasteiger partial charge in [0.1, 0.15) is 11.5 Å². The topological polar surface area (TPSA) is 122 Å². The average molecular weight is 745 g/mol. The van der Waals surface area contributed by atoms with Crippen molar-refractivity contribution in [3.63, 3.8) is 0 Å². The Balaban J connectivity index is 1.19. The third-order valence-corrected chi connectivity index (χ3v) is 11.4. The minimum atomic E-state index is -0.741. The summed E-state index contributed by atoms with van der Waals surface area (Å²) in [5.41, 5.74) is 2.90. The van der Waals surface area contributed by atoms with Gasteiger partial charge in [0.25, 0.3) is 0 Å². The van der Waals surface area contributed by atoms with E-state index < -0.39 is 17.4 Å². The van der Waals surface area contributed by atoms with Gasteiger partial charge in [-0.05, 0) is 59.4 Å². The zero-order chi connectivity index (χ0) is 36.9. The van der Waals surface area contributed by atoms with Crippen LogP contribution in [0.15, 0.2) is 54.6 Å². The molecule has 2 aliphatic heterocycles. The Morgan fingerprint density at radius 2 is 1.31 bits per heavy atom. The van der Waals surface area contributed by atoms with E-state index in [9.17, 15) is 24.0 Å². The van der Waals surface area contributed by atoms with Crippen LogP contribution in [0.5, 0.6) is 11.5 Å². The van der Waals surface area contributed by atoms with Gasteiger partial charge in [0.15, 0.2) is 0 Å². The lowest BCUT2D eigenvalue weighted by Gasteiger charge is -2.43. The molecule has 4 aromatic rings. The van der Waals surface area contributed by atoms with Gasteiger partial charge in [-0.1, -0.05) is 30.7 Å². The summed E-state index contributed by atoms with van der Waals surface area (Å²) in [5.74, 6) is -0.493. The SMILES string of the molecule is CC(=O)Nc1ccc2c(OC(C)=O)cc3c(c2c1)[C@@H](CCl)CN3C(=O)CCC1(C(=O)N2C[C@@H](CCl)c3c2cc(OC(C)=O)c2ccccc32)CCC1. The van der Waals surface area contributed by atoms with Gasteiger partial charge in [0.05, 0.1) is 16.8 Å². The first-order valence-electron chi connectivity index (χ1n) is 17.5. The lowest BCUT2D eigenvalue weighted by atomic mass is 9.65. The van der Waals surface area contributed by atoms with Crippen LogP contribution in [0.3, 0.4) is 0 Å². The highest BCUT2D eigenvalue weighted by molar-refractivity contribution is 6.20. The summed E-state index contributed by atoms with van der Waals surface area (Å²) in [6, 6.07) is 16.5. The maximum Gasteiger partial charge on any atom is 0.308 e. The molecule has 270 valence electrons. The van der Waals surface area contributed by atoms with Crippen LogP contribution >= 0.6 is 23.2 Å². The second kappa shape index (κ2) is 14.0. The van der Waals surface area contributed by atoms with E-state index in [0.717, 1.165) is 33.7 Å². The average Bonchev–Trinajstić information content (AvgIpc) is 3.65. The number of esters is 2. The van der Waals surface area contributed by atoms with Crippen LogP contribution in [0.4, 0.5) is 17.1 Å². The number of benzene rings is 4. The fourth-order valence-electron chi connectivity index (χ4n) is 8.26. The molecular weight excluding hydrogens is 705 g/mol. The van der Waals surface area contributed by atoms with E-state index in [1.54, 1.807) is 34.1 Å². The highest BCUT2D eigenvalue weighted by Gasteiger charge is 2.49.